The molecular formula is C26H42O6Si. The molecule has 0 aromatic heterocycles. The summed E-state index contributed by atoms with van der Waals surface area (Å²) >= 11 is 0. The number of carbonyl (C=O) groups excluding carboxylic acids is 1. The predicted molar refractivity (Wildman–Crippen MR) is 129 cm³/mol. The van der Waals surface area contributed by atoms with Gasteiger partial charge in [-0.25, -0.2) is 0 Å². The Balaban J connectivity index is 1.83. The molecule has 4 aliphatic rings. The van der Waals surface area contributed by atoms with Crippen LogP contribution in [0.1, 0.15) is 54.9 Å². The highest BCUT2D eigenvalue weighted by Gasteiger charge is 2.84. The Labute approximate surface area is 198 Å². The zero-order valence-electron chi connectivity index (χ0n) is 21.6. The van der Waals surface area contributed by atoms with Crippen LogP contribution in [-0.2, 0) is 9.22 Å². The number of aliphatic hydroxyl groups excluding tert-OH is 1. The van der Waals surface area contributed by atoms with Gasteiger partial charge >= 0.3 is 0 Å². The van der Waals surface area contributed by atoms with Crippen molar-refractivity contribution in [3.8, 4) is 0 Å². The summed E-state index contributed by atoms with van der Waals surface area (Å²) in [6, 6.07) is 0. The molecule has 6 nitrogen and oxygen atoms in total. The molecule has 4 aliphatic carbocycles. The Morgan fingerprint density at radius 2 is 1.73 bits per heavy atom. The van der Waals surface area contributed by atoms with Crippen molar-refractivity contribution in [2.24, 2.45) is 29.1 Å². The van der Waals surface area contributed by atoms with Gasteiger partial charge in [0.25, 0.3) is 0 Å². The van der Waals surface area contributed by atoms with Crippen LogP contribution in [0.2, 0.25) is 18.1 Å². The van der Waals surface area contributed by atoms with Crippen LogP contribution >= 0.6 is 0 Å². The van der Waals surface area contributed by atoms with Gasteiger partial charge in [-0.05, 0) is 36.2 Å². The lowest BCUT2D eigenvalue weighted by molar-refractivity contribution is -0.209. The van der Waals surface area contributed by atoms with Gasteiger partial charge < -0.3 is 24.9 Å². The number of hydrogen-bond donors (Lipinski definition) is 4. The van der Waals surface area contributed by atoms with Crippen molar-refractivity contribution in [3.05, 3.63) is 23.3 Å². The summed E-state index contributed by atoms with van der Waals surface area (Å²) in [4.78, 5) is 13.2. The molecule has 0 radical (unpaired) electrons. The quantitative estimate of drug-likeness (QED) is 0.367. The Morgan fingerprint density at radius 1 is 1.15 bits per heavy atom. The van der Waals surface area contributed by atoms with Crippen molar-refractivity contribution in [2.75, 3.05) is 6.61 Å². The largest absolute Gasteiger partial charge is 0.413 e. The summed E-state index contributed by atoms with van der Waals surface area (Å²) in [6.07, 6.45) is 2.55. The molecule has 2 fully saturated rings. The average Bonchev–Trinajstić information content (AvgIpc) is 3.08. The number of aliphatic hydroxyl groups is 4. The molecule has 4 rings (SSSR count). The Hall–Kier alpha value is -0.833. The first-order valence-corrected chi connectivity index (χ1v) is 15.1. The number of rotatable bonds is 3. The summed E-state index contributed by atoms with van der Waals surface area (Å²) in [7, 11) is -2.10. The van der Waals surface area contributed by atoms with Crippen LogP contribution in [0.4, 0.5) is 0 Å². The van der Waals surface area contributed by atoms with Crippen LogP contribution in [0.15, 0.2) is 23.3 Å². The molecule has 0 aromatic rings. The summed E-state index contributed by atoms with van der Waals surface area (Å²) < 4.78 is 6.47. The highest BCUT2D eigenvalue weighted by Crippen LogP contribution is 2.74. The molecule has 8 atom stereocenters. The lowest BCUT2D eigenvalue weighted by Crippen LogP contribution is -2.65. The first kappa shape index (κ1) is 25.3. The Bertz CT molecular complexity index is 945. The first-order chi connectivity index (χ1) is 14.8. The molecule has 0 aliphatic heterocycles. The molecule has 0 bridgehead atoms. The fourth-order valence-electron chi connectivity index (χ4n) is 6.93. The van der Waals surface area contributed by atoms with Crippen molar-refractivity contribution in [2.45, 2.75) is 95.9 Å². The standard InChI is InChI=1S/C26H42O6Si/c1-14-10-18-24(29,20(14)27)12-16(13-32-33(8,9)22(3,4)5)11-17-19-23(6,7)26(19,31)21(28)15(2)25(17,18)30/h10-11,15,17-19,21,28-31H,12-13H2,1-9H3/t15-,17+,18-,19-,21-,24-,25-,26-/m1/s1. The number of Topliss-reactive ketones (excluding diaryl/α,β-unsaturated/α-hetero) is 1. The second kappa shape index (κ2) is 6.89. The van der Waals surface area contributed by atoms with Crippen molar-refractivity contribution in [3.63, 3.8) is 0 Å². The van der Waals surface area contributed by atoms with E-state index in [1.807, 2.05) is 19.9 Å². The van der Waals surface area contributed by atoms with E-state index >= 15 is 0 Å². The van der Waals surface area contributed by atoms with E-state index in [0.29, 0.717) is 5.57 Å². The van der Waals surface area contributed by atoms with E-state index in [4.69, 9.17) is 4.43 Å². The van der Waals surface area contributed by atoms with Gasteiger partial charge in [-0.15, -0.1) is 0 Å². The molecule has 0 spiro atoms. The SMILES string of the molecule is CC1=C[C@H]2[C@@]3(O)[C@H](C)[C@@H](O)[C@]4(O)[C@H]([C@@H]3C=C(CO[Si](C)(C)C(C)(C)C)C[C@]2(O)C1=O)C4(C)C. The third-order valence-electron chi connectivity index (χ3n) is 10.3. The van der Waals surface area contributed by atoms with Gasteiger partial charge in [0.1, 0.15) is 11.2 Å². The molecule has 4 N–H and O–H groups in total. The number of ketones is 1. The van der Waals surface area contributed by atoms with Gasteiger partial charge in [-0.1, -0.05) is 53.7 Å². The van der Waals surface area contributed by atoms with Gasteiger partial charge in [-0.3, -0.25) is 4.79 Å². The van der Waals surface area contributed by atoms with Crippen molar-refractivity contribution >= 4 is 14.1 Å². The normalized spacial score (nSPS) is 46.6. The van der Waals surface area contributed by atoms with E-state index < -0.39 is 60.3 Å². The highest BCUT2D eigenvalue weighted by molar-refractivity contribution is 6.74. The van der Waals surface area contributed by atoms with Crippen LogP contribution in [0.5, 0.6) is 0 Å². The zero-order valence-corrected chi connectivity index (χ0v) is 22.6. The molecule has 2 saturated carbocycles. The topological polar surface area (TPSA) is 107 Å². The lowest BCUT2D eigenvalue weighted by Gasteiger charge is -2.51. The minimum Gasteiger partial charge on any atom is -0.413 e. The van der Waals surface area contributed by atoms with Crippen molar-refractivity contribution in [1.82, 2.24) is 0 Å². The maximum absolute atomic E-state index is 13.2. The van der Waals surface area contributed by atoms with Crippen LogP contribution in [-0.4, -0.2) is 64.0 Å². The summed E-state index contributed by atoms with van der Waals surface area (Å²) in [6.45, 7) is 18.3. The molecule has 0 amide bonds. The number of carbonyl (C=O) groups is 1. The van der Waals surface area contributed by atoms with E-state index in [9.17, 15) is 25.2 Å². The Kier molecular flexibility index (Phi) is 5.27. The maximum Gasteiger partial charge on any atom is 0.192 e. The van der Waals surface area contributed by atoms with E-state index in [0.717, 1.165) is 5.57 Å². The van der Waals surface area contributed by atoms with E-state index in [-0.39, 0.29) is 23.8 Å². The molecule has 186 valence electrons. The zero-order chi connectivity index (χ0) is 25.2. The lowest BCUT2D eigenvalue weighted by atomic mass is 9.59. The fraction of sp³-hybridized carbons (Fsp3) is 0.808. The fourth-order valence-corrected chi connectivity index (χ4v) is 7.91. The minimum atomic E-state index is -2.10. The first-order valence-electron chi connectivity index (χ1n) is 12.2. The molecule has 0 aromatic carbocycles. The van der Waals surface area contributed by atoms with E-state index in [1.165, 1.54) is 0 Å². The molecule has 0 heterocycles. The van der Waals surface area contributed by atoms with Crippen molar-refractivity contribution in [1.29, 1.82) is 0 Å². The summed E-state index contributed by atoms with van der Waals surface area (Å²) in [5.41, 5.74) is -4.10. The molecule has 0 unspecified atom stereocenters. The van der Waals surface area contributed by atoms with Crippen LogP contribution in [0.3, 0.4) is 0 Å². The molecule has 7 heteroatoms. The number of fused-ring (bicyclic) bond motifs is 5. The van der Waals surface area contributed by atoms with Gasteiger partial charge in [0, 0.05) is 35.5 Å². The van der Waals surface area contributed by atoms with E-state index in [1.54, 1.807) is 19.9 Å². The Morgan fingerprint density at radius 3 is 2.27 bits per heavy atom. The van der Waals surface area contributed by atoms with Gasteiger partial charge in [-0.2, -0.15) is 0 Å². The highest BCUT2D eigenvalue weighted by atomic mass is 28.4. The van der Waals surface area contributed by atoms with Crippen LogP contribution in [0.25, 0.3) is 0 Å². The van der Waals surface area contributed by atoms with Crippen LogP contribution < -0.4 is 0 Å². The van der Waals surface area contributed by atoms with Crippen molar-refractivity contribution < 1.29 is 29.6 Å². The maximum atomic E-state index is 13.2. The average molecular weight is 479 g/mol. The third-order valence-corrected chi connectivity index (χ3v) is 14.7. The van der Waals surface area contributed by atoms with Gasteiger partial charge in [0.05, 0.1) is 18.3 Å². The molecule has 0 saturated heterocycles. The molecule has 33 heavy (non-hydrogen) atoms. The van der Waals surface area contributed by atoms with E-state index in [2.05, 4.69) is 33.9 Å². The second-order valence-corrected chi connectivity index (χ2v) is 18.1. The second-order valence-electron chi connectivity index (χ2n) is 13.3. The summed E-state index contributed by atoms with van der Waals surface area (Å²) in [5.74, 6) is -2.90. The van der Waals surface area contributed by atoms with Crippen LogP contribution in [0, 0.1) is 29.1 Å². The summed E-state index contributed by atoms with van der Waals surface area (Å²) in [5, 5.41) is 46.7. The smallest absolute Gasteiger partial charge is 0.192 e. The van der Waals surface area contributed by atoms with Gasteiger partial charge in [0.2, 0.25) is 0 Å². The minimum absolute atomic E-state index is 0.00197. The van der Waals surface area contributed by atoms with Gasteiger partial charge in [0.15, 0.2) is 14.1 Å². The third kappa shape index (κ3) is 2.99. The molecular weight excluding hydrogens is 436 g/mol. The number of hydrogen-bond acceptors (Lipinski definition) is 6. The monoisotopic (exact) mass is 478 g/mol. The predicted octanol–water partition coefficient (Wildman–Crippen LogP) is 2.96.